The van der Waals surface area contributed by atoms with Crippen molar-refractivity contribution < 1.29 is 26.8 Å². The van der Waals surface area contributed by atoms with Gasteiger partial charge in [0.1, 0.15) is 23.0 Å². The number of nitrogens with one attached hydrogen (secondary N) is 1. The van der Waals surface area contributed by atoms with Gasteiger partial charge in [-0.15, -0.1) is 0 Å². The molecule has 0 spiro atoms. The topological polar surface area (TPSA) is 58.4 Å². The number of furan rings is 1. The number of benzene rings is 1. The largest absolute Gasteiger partial charge is 0.459 e. The van der Waals surface area contributed by atoms with Crippen molar-refractivity contribution >= 4 is 22.7 Å². The van der Waals surface area contributed by atoms with E-state index in [1.54, 1.807) is 17.9 Å². The molecule has 9 heteroatoms. The predicted molar refractivity (Wildman–Crippen MR) is 102 cm³/mol. The molecule has 30 heavy (non-hydrogen) atoms. The third kappa shape index (κ3) is 4.10. The molecule has 2 atom stereocenters. The molecule has 1 aliphatic rings. The maximum atomic E-state index is 13.3. The van der Waals surface area contributed by atoms with Gasteiger partial charge >= 0.3 is 6.18 Å². The summed E-state index contributed by atoms with van der Waals surface area (Å²) in [6.07, 6.45) is -3.07. The highest BCUT2D eigenvalue weighted by Gasteiger charge is 2.33. The van der Waals surface area contributed by atoms with Gasteiger partial charge in [0.25, 0.3) is 0 Å². The van der Waals surface area contributed by atoms with Crippen LogP contribution >= 0.6 is 0 Å². The molecule has 0 bridgehead atoms. The lowest BCUT2D eigenvalue weighted by Gasteiger charge is -2.19. The number of rotatable bonds is 4. The molecule has 1 fully saturated rings. The minimum Gasteiger partial charge on any atom is -0.459 e. The lowest BCUT2D eigenvalue weighted by Crippen LogP contribution is -2.34. The molecular formula is C21H19F4N3O2. The SMILES string of the molecule is C[C@@H](NC(=O)C1CCN(c2ccc(C(F)(F)F)cn2)C1)c1cc2cc(F)ccc2o1. The van der Waals surface area contributed by atoms with Gasteiger partial charge in [0, 0.05) is 24.7 Å². The summed E-state index contributed by atoms with van der Waals surface area (Å²) in [6, 6.07) is 7.79. The van der Waals surface area contributed by atoms with E-state index in [0.29, 0.717) is 42.1 Å². The maximum Gasteiger partial charge on any atom is 0.417 e. The van der Waals surface area contributed by atoms with E-state index in [1.807, 2.05) is 0 Å². The second-order valence-electron chi connectivity index (χ2n) is 7.40. The van der Waals surface area contributed by atoms with Crippen LogP contribution in [-0.4, -0.2) is 24.0 Å². The number of fused-ring (bicyclic) bond motifs is 1. The number of aromatic nitrogens is 1. The Bertz CT molecular complexity index is 1060. The van der Waals surface area contributed by atoms with E-state index in [4.69, 9.17) is 4.42 Å². The summed E-state index contributed by atoms with van der Waals surface area (Å²) < 4.78 is 57.1. The van der Waals surface area contributed by atoms with Crippen molar-refractivity contribution in [2.24, 2.45) is 5.92 Å². The smallest absolute Gasteiger partial charge is 0.417 e. The maximum absolute atomic E-state index is 13.3. The number of pyridine rings is 1. The molecule has 0 aliphatic carbocycles. The molecule has 1 amide bonds. The van der Waals surface area contributed by atoms with E-state index in [0.717, 1.165) is 12.3 Å². The quantitative estimate of drug-likeness (QED) is 0.621. The molecule has 1 aliphatic heterocycles. The fourth-order valence-corrected chi connectivity index (χ4v) is 3.57. The van der Waals surface area contributed by atoms with Gasteiger partial charge in [-0.2, -0.15) is 13.2 Å². The van der Waals surface area contributed by atoms with Gasteiger partial charge < -0.3 is 14.6 Å². The highest BCUT2D eigenvalue weighted by molar-refractivity contribution is 5.81. The zero-order chi connectivity index (χ0) is 21.5. The summed E-state index contributed by atoms with van der Waals surface area (Å²) >= 11 is 0. The average Bonchev–Trinajstić information content (AvgIpc) is 3.34. The van der Waals surface area contributed by atoms with E-state index in [2.05, 4.69) is 10.3 Å². The predicted octanol–water partition coefficient (Wildman–Crippen LogP) is 4.69. The van der Waals surface area contributed by atoms with Crippen LogP contribution in [0.15, 0.2) is 47.0 Å². The Morgan fingerprint density at radius 1 is 1.27 bits per heavy atom. The van der Waals surface area contributed by atoms with Crippen molar-refractivity contribution in [1.29, 1.82) is 0 Å². The molecule has 1 saturated heterocycles. The highest BCUT2D eigenvalue weighted by atomic mass is 19.4. The lowest BCUT2D eigenvalue weighted by atomic mass is 10.1. The van der Waals surface area contributed by atoms with Crippen LogP contribution in [-0.2, 0) is 11.0 Å². The number of halogens is 4. The molecular weight excluding hydrogens is 402 g/mol. The molecule has 158 valence electrons. The average molecular weight is 421 g/mol. The summed E-state index contributed by atoms with van der Waals surface area (Å²) in [5.74, 6) is 0.0604. The van der Waals surface area contributed by atoms with Crippen LogP contribution in [0, 0.1) is 11.7 Å². The van der Waals surface area contributed by atoms with Crippen molar-refractivity contribution in [1.82, 2.24) is 10.3 Å². The second-order valence-corrected chi connectivity index (χ2v) is 7.40. The van der Waals surface area contributed by atoms with Gasteiger partial charge in [0.2, 0.25) is 5.91 Å². The van der Waals surface area contributed by atoms with Gasteiger partial charge in [-0.05, 0) is 49.7 Å². The van der Waals surface area contributed by atoms with Crippen molar-refractivity contribution in [3.63, 3.8) is 0 Å². The van der Waals surface area contributed by atoms with Crippen LogP contribution in [0.2, 0.25) is 0 Å². The fraction of sp³-hybridized carbons (Fsp3) is 0.333. The number of hydrogen-bond acceptors (Lipinski definition) is 4. The van der Waals surface area contributed by atoms with E-state index in [1.165, 1.54) is 24.3 Å². The van der Waals surface area contributed by atoms with Gasteiger partial charge in [0.05, 0.1) is 17.5 Å². The van der Waals surface area contributed by atoms with Crippen LogP contribution in [0.1, 0.15) is 30.7 Å². The van der Waals surface area contributed by atoms with Gasteiger partial charge in [-0.25, -0.2) is 9.37 Å². The molecule has 1 aromatic carbocycles. The first kappa shape index (κ1) is 20.2. The Hall–Kier alpha value is -3.10. The first-order chi connectivity index (χ1) is 14.2. The number of carbonyl (C=O) groups excluding carboxylic acids is 1. The molecule has 0 radical (unpaired) electrons. The Morgan fingerprint density at radius 2 is 2.07 bits per heavy atom. The zero-order valence-electron chi connectivity index (χ0n) is 16.0. The van der Waals surface area contributed by atoms with Crippen LogP contribution in [0.4, 0.5) is 23.4 Å². The molecule has 5 nitrogen and oxygen atoms in total. The van der Waals surface area contributed by atoms with Crippen LogP contribution in [0.25, 0.3) is 11.0 Å². The monoisotopic (exact) mass is 421 g/mol. The molecule has 0 saturated carbocycles. The van der Waals surface area contributed by atoms with Crippen LogP contribution < -0.4 is 10.2 Å². The molecule has 1 unspecified atom stereocenters. The normalized spacial score (nSPS) is 18.0. The number of hydrogen-bond donors (Lipinski definition) is 1. The minimum atomic E-state index is -4.43. The Morgan fingerprint density at radius 3 is 2.77 bits per heavy atom. The van der Waals surface area contributed by atoms with Gasteiger partial charge in [-0.3, -0.25) is 4.79 Å². The molecule has 4 rings (SSSR count). The van der Waals surface area contributed by atoms with Crippen LogP contribution in [0.5, 0.6) is 0 Å². The number of nitrogens with zero attached hydrogens (tertiary/aromatic N) is 2. The van der Waals surface area contributed by atoms with Crippen molar-refractivity contribution in [3.8, 4) is 0 Å². The second kappa shape index (κ2) is 7.62. The Labute approximate surface area is 169 Å². The van der Waals surface area contributed by atoms with Crippen molar-refractivity contribution in [2.45, 2.75) is 25.6 Å². The van der Waals surface area contributed by atoms with Gasteiger partial charge in [0.15, 0.2) is 0 Å². The zero-order valence-corrected chi connectivity index (χ0v) is 16.0. The third-order valence-corrected chi connectivity index (χ3v) is 5.24. The summed E-state index contributed by atoms with van der Waals surface area (Å²) in [5, 5.41) is 3.51. The standard InChI is InChI=1S/C21H19F4N3O2/c1-12(18-9-14-8-16(22)3-4-17(14)30-18)27-20(29)13-6-7-28(11-13)19-5-2-15(10-26-19)21(23,24)25/h2-5,8-10,12-13H,6-7,11H2,1H3,(H,27,29)/t12-,13?/m1/s1. The summed E-state index contributed by atoms with van der Waals surface area (Å²) in [4.78, 5) is 18.3. The highest BCUT2D eigenvalue weighted by Crippen LogP contribution is 2.31. The number of carbonyl (C=O) groups is 1. The Kier molecular flexibility index (Phi) is 5.13. The Balaban J connectivity index is 1.38. The molecule has 3 heterocycles. The summed E-state index contributed by atoms with van der Waals surface area (Å²) in [7, 11) is 0. The molecule has 2 aromatic heterocycles. The van der Waals surface area contributed by atoms with E-state index < -0.39 is 17.8 Å². The number of amides is 1. The fourth-order valence-electron chi connectivity index (χ4n) is 3.57. The first-order valence-electron chi connectivity index (χ1n) is 9.48. The number of anilines is 1. The summed E-state index contributed by atoms with van der Waals surface area (Å²) in [5.41, 5.74) is -0.271. The third-order valence-electron chi connectivity index (χ3n) is 5.24. The van der Waals surface area contributed by atoms with Gasteiger partial charge in [-0.1, -0.05) is 0 Å². The van der Waals surface area contributed by atoms with E-state index >= 15 is 0 Å². The van der Waals surface area contributed by atoms with E-state index in [-0.39, 0.29) is 17.6 Å². The van der Waals surface area contributed by atoms with Crippen LogP contribution in [0.3, 0.4) is 0 Å². The van der Waals surface area contributed by atoms with Crippen molar-refractivity contribution in [3.05, 3.63) is 59.7 Å². The minimum absolute atomic E-state index is 0.177. The lowest BCUT2D eigenvalue weighted by molar-refractivity contribution is -0.137. The number of alkyl halides is 3. The van der Waals surface area contributed by atoms with Crippen molar-refractivity contribution in [2.75, 3.05) is 18.0 Å². The summed E-state index contributed by atoms with van der Waals surface area (Å²) in [6.45, 7) is 2.66. The first-order valence-corrected chi connectivity index (χ1v) is 9.48. The molecule has 1 N–H and O–H groups in total. The van der Waals surface area contributed by atoms with E-state index in [9.17, 15) is 22.4 Å². The molecule has 3 aromatic rings.